The van der Waals surface area contributed by atoms with E-state index in [1.165, 1.54) is 0 Å². The average molecular weight is 423 g/mol. The molecule has 1 atom stereocenters. The molecule has 1 aromatic carbocycles. The summed E-state index contributed by atoms with van der Waals surface area (Å²) >= 11 is 0. The van der Waals surface area contributed by atoms with E-state index in [2.05, 4.69) is 32.6 Å². The lowest BCUT2D eigenvalue weighted by atomic mass is 9.83. The van der Waals surface area contributed by atoms with E-state index in [4.69, 9.17) is 10.5 Å². The minimum atomic E-state index is -0.420. The van der Waals surface area contributed by atoms with Crippen LogP contribution < -0.4 is 10.5 Å². The summed E-state index contributed by atoms with van der Waals surface area (Å²) in [6, 6.07) is 16.0. The topological polar surface area (TPSA) is 108 Å². The zero-order chi connectivity index (χ0) is 22.2. The van der Waals surface area contributed by atoms with Crippen LogP contribution in [0.25, 0.3) is 17.1 Å². The summed E-state index contributed by atoms with van der Waals surface area (Å²) < 4.78 is 9.52. The van der Waals surface area contributed by atoms with Gasteiger partial charge in [0.05, 0.1) is 17.2 Å². The van der Waals surface area contributed by atoms with Crippen molar-refractivity contribution in [1.82, 2.24) is 24.3 Å². The largest absolute Gasteiger partial charge is 0.422 e. The first kappa shape index (κ1) is 19.6. The highest BCUT2D eigenvalue weighted by Crippen LogP contribution is 2.46. The van der Waals surface area contributed by atoms with Crippen LogP contribution in [0.1, 0.15) is 29.8 Å². The second kappa shape index (κ2) is 7.71. The molecule has 32 heavy (non-hydrogen) atoms. The van der Waals surface area contributed by atoms with Gasteiger partial charge < -0.3 is 15.0 Å². The van der Waals surface area contributed by atoms with Crippen molar-refractivity contribution in [1.29, 1.82) is 5.26 Å². The van der Waals surface area contributed by atoms with Crippen LogP contribution in [0.4, 0.5) is 0 Å². The predicted octanol–water partition coefficient (Wildman–Crippen LogP) is 3.45. The number of nitrogens with two attached hydrogens (primary N) is 1. The van der Waals surface area contributed by atoms with E-state index >= 15 is 0 Å². The van der Waals surface area contributed by atoms with Crippen LogP contribution in [0.15, 0.2) is 72.5 Å². The van der Waals surface area contributed by atoms with E-state index in [-0.39, 0.29) is 5.88 Å². The van der Waals surface area contributed by atoms with Crippen molar-refractivity contribution in [2.75, 3.05) is 0 Å². The highest BCUT2D eigenvalue weighted by molar-refractivity contribution is 5.69. The lowest BCUT2D eigenvalue weighted by Gasteiger charge is -2.25. The standard InChI is InChI=1S/C24H21N7O/c1-3-19-28-12-13-31(19)16-9-7-15(8-10-16)20-17(14-25)23(26)32-24-21(20)22(29-30(24)2)18-6-4-5-11-27-18/h4-13,20H,3,26H2,1-2H3. The molecule has 4 heterocycles. The number of hydrogen-bond donors (Lipinski definition) is 1. The minimum Gasteiger partial charge on any atom is -0.422 e. The Bertz CT molecular complexity index is 1360. The highest BCUT2D eigenvalue weighted by atomic mass is 16.5. The average Bonchev–Trinajstić information content (AvgIpc) is 3.43. The van der Waals surface area contributed by atoms with Gasteiger partial charge in [-0.2, -0.15) is 10.4 Å². The fourth-order valence-electron chi connectivity index (χ4n) is 4.16. The summed E-state index contributed by atoms with van der Waals surface area (Å²) in [7, 11) is 1.79. The van der Waals surface area contributed by atoms with Crippen LogP contribution in [0.3, 0.4) is 0 Å². The summed E-state index contributed by atoms with van der Waals surface area (Å²) in [6.07, 6.45) is 6.29. The number of imidazole rings is 1. The predicted molar refractivity (Wildman–Crippen MR) is 119 cm³/mol. The monoisotopic (exact) mass is 423 g/mol. The summed E-state index contributed by atoms with van der Waals surface area (Å²) in [4.78, 5) is 8.86. The highest BCUT2D eigenvalue weighted by Gasteiger charge is 2.37. The molecule has 1 aliphatic rings. The number of rotatable bonds is 4. The molecule has 8 nitrogen and oxygen atoms in total. The van der Waals surface area contributed by atoms with Gasteiger partial charge in [-0.05, 0) is 29.8 Å². The molecule has 0 radical (unpaired) electrons. The minimum absolute atomic E-state index is 0.0903. The molecule has 0 aliphatic carbocycles. The zero-order valence-corrected chi connectivity index (χ0v) is 17.7. The Morgan fingerprint density at radius 1 is 1.12 bits per heavy atom. The molecule has 0 saturated carbocycles. The summed E-state index contributed by atoms with van der Waals surface area (Å²) in [5, 5.41) is 14.6. The molecule has 1 aliphatic heterocycles. The van der Waals surface area contributed by atoms with Gasteiger partial charge in [-0.15, -0.1) is 0 Å². The maximum atomic E-state index is 9.94. The van der Waals surface area contributed by atoms with E-state index in [1.807, 2.05) is 48.7 Å². The summed E-state index contributed by atoms with van der Waals surface area (Å²) in [5.74, 6) is 1.17. The molecular weight excluding hydrogens is 402 g/mol. The van der Waals surface area contributed by atoms with Crippen molar-refractivity contribution in [2.24, 2.45) is 12.8 Å². The quantitative estimate of drug-likeness (QED) is 0.539. The maximum Gasteiger partial charge on any atom is 0.224 e. The Hall–Kier alpha value is -4.38. The molecule has 2 N–H and O–H groups in total. The lowest BCUT2D eigenvalue weighted by molar-refractivity contribution is 0.358. The van der Waals surface area contributed by atoms with Crippen LogP contribution in [0, 0.1) is 11.3 Å². The van der Waals surface area contributed by atoms with Gasteiger partial charge in [0.25, 0.3) is 0 Å². The van der Waals surface area contributed by atoms with Crippen LogP contribution in [-0.2, 0) is 13.5 Å². The van der Waals surface area contributed by atoms with Gasteiger partial charge in [0.1, 0.15) is 23.2 Å². The number of allylic oxidation sites excluding steroid dienone is 1. The maximum absolute atomic E-state index is 9.94. The normalized spacial score (nSPS) is 15.2. The molecule has 5 rings (SSSR count). The third-order valence-corrected chi connectivity index (χ3v) is 5.65. The first-order valence-corrected chi connectivity index (χ1v) is 10.3. The molecule has 0 saturated heterocycles. The number of hydrogen-bond acceptors (Lipinski definition) is 6. The van der Waals surface area contributed by atoms with Crippen LogP contribution in [0.2, 0.25) is 0 Å². The van der Waals surface area contributed by atoms with Crippen molar-refractivity contribution >= 4 is 0 Å². The number of nitrogens with zero attached hydrogens (tertiary/aromatic N) is 6. The van der Waals surface area contributed by atoms with E-state index in [1.54, 1.807) is 24.1 Å². The van der Waals surface area contributed by atoms with Crippen molar-refractivity contribution in [3.8, 4) is 29.0 Å². The number of ether oxygens (including phenoxy) is 1. The summed E-state index contributed by atoms with van der Waals surface area (Å²) in [5.41, 5.74) is 10.6. The van der Waals surface area contributed by atoms with Crippen LogP contribution >= 0.6 is 0 Å². The molecule has 3 aromatic heterocycles. The van der Waals surface area contributed by atoms with E-state index < -0.39 is 5.92 Å². The van der Waals surface area contributed by atoms with Gasteiger partial charge in [0.2, 0.25) is 11.8 Å². The Morgan fingerprint density at radius 3 is 2.62 bits per heavy atom. The van der Waals surface area contributed by atoms with Crippen molar-refractivity contribution in [3.05, 3.63) is 89.5 Å². The molecule has 0 amide bonds. The van der Waals surface area contributed by atoms with Crippen LogP contribution in [0.5, 0.6) is 5.88 Å². The lowest BCUT2D eigenvalue weighted by Crippen LogP contribution is -2.22. The van der Waals surface area contributed by atoms with Crippen molar-refractivity contribution in [2.45, 2.75) is 19.3 Å². The number of pyridine rings is 1. The molecule has 0 bridgehead atoms. The Morgan fingerprint density at radius 2 is 1.94 bits per heavy atom. The molecule has 8 heteroatoms. The van der Waals surface area contributed by atoms with Gasteiger partial charge in [-0.1, -0.05) is 25.1 Å². The van der Waals surface area contributed by atoms with Gasteiger partial charge in [-0.25, -0.2) is 9.67 Å². The molecule has 4 aromatic rings. The summed E-state index contributed by atoms with van der Waals surface area (Å²) in [6.45, 7) is 2.07. The third kappa shape index (κ3) is 3.03. The number of aryl methyl sites for hydroxylation is 2. The van der Waals surface area contributed by atoms with E-state index in [0.717, 1.165) is 29.1 Å². The second-order valence-electron chi connectivity index (χ2n) is 7.49. The first-order valence-electron chi connectivity index (χ1n) is 10.3. The molecule has 0 spiro atoms. The van der Waals surface area contributed by atoms with E-state index in [0.29, 0.717) is 22.8 Å². The van der Waals surface area contributed by atoms with E-state index in [9.17, 15) is 5.26 Å². The Kier molecular flexibility index (Phi) is 4.71. The Labute approximate surface area is 185 Å². The molecule has 158 valence electrons. The third-order valence-electron chi connectivity index (χ3n) is 5.65. The van der Waals surface area contributed by atoms with Crippen LogP contribution in [-0.4, -0.2) is 24.3 Å². The first-order chi connectivity index (χ1) is 15.6. The fraction of sp³-hybridized carbons (Fsp3) is 0.167. The second-order valence-corrected chi connectivity index (χ2v) is 7.49. The van der Waals surface area contributed by atoms with Gasteiger partial charge in [0.15, 0.2) is 0 Å². The number of aromatic nitrogens is 5. The van der Waals surface area contributed by atoms with Gasteiger partial charge >= 0.3 is 0 Å². The molecule has 0 fully saturated rings. The fourth-order valence-corrected chi connectivity index (χ4v) is 4.16. The smallest absolute Gasteiger partial charge is 0.224 e. The zero-order valence-electron chi connectivity index (χ0n) is 17.7. The molecular formula is C24H21N7O. The SMILES string of the molecule is CCc1nccn1-c1ccc(C2C(C#N)=C(N)Oc3c2c(-c2ccccn2)nn3C)cc1. The Balaban J connectivity index is 1.66. The molecule has 1 unspecified atom stereocenters. The number of benzene rings is 1. The number of fused-ring (bicyclic) bond motifs is 1. The number of nitriles is 1. The van der Waals surface area contributed by atoms with Gasteiger partial charge in [-0.3, -0.25) is 4.98 Å². The van der Waals surface area contributed by atoms with Crippen molar-refractivity contribution in [3.63, 3.8) is 0 Å². The van der Waals surface area contributed by atoms with Crippen molar-refractivity contribution < 1.29 is 4.74 Å². The van der Waals surface area contributed by atoms with Gasteiger partial charge in [0, 0.05) is 37.7 Å².